The van der Waals surface area contributed by atoms with Gasteiger partial charge in [0.2, 0.25) is 11.1 Å². The molecular weight excluding hydrogens is 392 g/mol. The summed E-state index contributed by atoms with van der Waals surface area (Å²) in [6, 6.07) is 9.40. The van der Waals surface area contributed by atoms with Crippen LogP contribution in [0.25, 0.3) is 0 Å². The topological polar surface area (TPSA) is 108 Å². The summed E-state index contributed by atoms with van der Waals surface area (Å²) in [6.45, 7) is 4.37. The lowest BCUT2D eigenvalue weighted by atomic mass is 10.2. The van der Waals surface area contributed by atoms with Gasteiger partial charge in [0.15, 0.2) is 5.82 Å². The number of carbonyl (C=O) groups is 1. The summed E-state index contributed by atoms with van der Waals surface area (Å²) in [6.07, 6.45) is 2.62. The minimum atomic E-state index is -0.340. The monoisotopic (exact) mass is 416 g/mol. The van der Waals surface area contributed by atoms with Crippen molar-refractivity contribution in [1.29, 1.82) is 0 Å². The van der Waals surface area contributed by atoms with Crippen molar-refractivity contribution in [3.05, 3.63) is 41.7 Å². The summed E-state index contributed by atoms with van der Waals surface area (Å²) >= 11 is 1.35. The molecule has 9 nitrogen and oxygen atoms in total. The van der Waals surface area contributed by atoms with Crippen LogP contribution in [0.2, 0.25) is 0 Å². The molecule has 10 heteroatoms. The second kappa shape index (κ2) is 10.1. The number of nitrogens with one attached hydrogen (secondary N) is 1. The maximum atomic E-state index is 12.8. The van der Waals surface area contributed by atoms with Crippen LogP contribution in [0.15, 0.2) is 40.0 Å². The molecule has 0 fully saturated rings. The normalized spacial score (nSPS) is 12.0. The van der Waals surface area contributed by atoms with Gasteiger partial charge in [0.05, 0.1) is 18.9 Å². The molecule has 3 aromatic rings. The van der Waals surface area contributed by atoms with E-state index in [1.165, 1.54) is 11.8 Å². The molecule has 29 heavy (non-hydrogen) atoms. The fraction of sp³-hybridized carbons (Fsp3) is 0.421. The van der Waals surface area contributed by atoms with Crippen LogP contribution in [0, 0.1) is 6.92 Å². The van der Waals surface area contributed by atoms with Gasteiger partial charge in [-0.15, -0.1) is 5.10 Å². The highest BCUT2D eigenvalue weighted by Gasteiger charge is 2.23. The molecule has 2 aromatic heterocycles. The molecule has 1 atom stereocenters. The van der Waals surface area contributed by atoms with Crippen molar-refractivity contribution >= 4 is 23.5 Å². The predicted molar refractivity (Wildman–Crippen MR) is 109 cm³/mol. The Morgan fingerprint density at radius 3 is 2.79 bits per heavy atom. The van der Waals surface area contributed by atoms with Crippen molar-refractivity contribution in [2.24, 2.45) is 0 Å². The maximum absolute atomic E-state index is 12.8. The lowest BCUT2D eigenvalue weighted by molar-refractivity contribution is -0.115. The van der Waals surface area contributed by atoms with Gasteiger partial charge in [0.25, 0.3) is 0 Å². The van der Waals surface area contributed by atoms with E-state index in [0.29, 0.717) is 29.7 Å². The molecule has 1 aromatic carbocycles. The van der Waals surface area contributed by atoms with Gasteiger partial charge in [0.1, 0.15) is 11.5 Å². The molecule has 0 saturated carbocycles. The molecule has 0 saturated heterocycles. The smallest absolute Gasteiger partial charge is 0.239 e. The van der Waals surface area contributed by atoms with Crippen LogP contribution in [0.5, 0.6) is 5.75 Å². The number of hydrogen-bond acceptors (Lipinski definition) is 8. The summed E-state index contributed by atoms with van der Waals surface area (Å²) in [5.74, 6) is 1.70. The van der Waals surface area contributed by atoms with E-state index in [9.17, 15) is 4.79 Å². The molecule has 1 unspecified atom stereocenters. The summed E-state index contributed by atoms with van der Waals surface area (Å²) in [5, 5.41) is 18.9. The van der Waals surface area contributed by atoms with Gasteiger partial charge >= 0.3 is 0 Å². The first-order valence-corrected chi connectivity index (χ1v) is 10.3. The summed E-state index contributed by atoms with van der Waals surface area (Å²) in [7, 11) is 1.63. The highest BCUT2D eigenvalue weighted by Crippen LogP contribution is 2.26. The highest BCUT2D eigenvalue weighted by molar-refractivity contribution is 8.00. The second-order valence-corrected chi connectivity index (χ2v) is 7.70. The van der Waals surface area contributed by atoms with Gasteiger partial charge < -0.3 is 14.6 Å². The SMILES string of the molecule is CCCCC(Sc1nnnn1Cc1ccc(OC)cc1)C(=O)Nc1cc(C)on1. The van der Waals surface area contributed by atoms with E-state index in [1.807, 2.05) is 24.3 Å². The molecule has 0 radical (unpaired) electrons. The largest absolute Gasteiger partial charge is 0.497 e. The number of thioether (sulfide) groups is 1. The van der Waals surface area contributed by atoms with Gasteiger partial charge in [-0.3, -0.25) is 4.79 Å². The number of nitrogens with zero attached hydrogens (tertiary/aromatic N) is 5. The molecule has 0 aliphatic carbocycles. The van der Waals surface area contributed by atoms with E-state index < -0.39 is 0 Å². The van der Waals surface area contributed by atoms with Crippen LogP contribution >= 0.6 is 11.8 Å². The average molecular weight is 417 g/mol. The number of amides is 1. The van der Waals surface area contributed by atoms with E-state index in [-0.39, 0.29) is 11.2 Å². The maximum Gasteiger partial charge on any atom is 0.239 e. The van der Waals surface area contributed by atoms with E-state index in [1.54, 1.807) is 24.8 Å². The Hall–Kier alpha value is -2.88. The molecule has 1 amide bonds. The summed E-state index contributed by atoms with van der Waals surface area (Å²) < 4.78 is 11.9. The second-order valence-electron chi connectivity index (χ2n) is 6.53. The Morgan fingerprint density at radius 2 is 2.14 bits per heavy atom. The number of rotatable bonds is 10. The van der Waals surface area contributed by atoms with Gasteiger partial charge in [0, 0.05) is 6.07 Å². The van der Waals surface area contributed by atoms with Crippen molar-refractivity contribution in [1.82, 2.24) is 25.4 Å². The number of unbranched alkanes of at least 4 members (excludes halogenated alkanes) is 1. The molecule has 3 rings (SSSR count). The Labute approximate surface area is 173 Å². The van der Waals surface area contributed by atoms with Crippen LogP contribution < -0.4 is 10.1 Å². The number of tetrazole rings is 1. The first kappa shape index (κ1) is 20.8. The Morgan fingerprint density at radius 1 is 1.34 bits per heavy atom. The third-order valence-corrected chi connectivity index (χ3v) is 5.47. The lowest BCUT2D eigenvalue weighted by Crippen LogP contribution is -2.26. The number of aryl methyl sites for hydroxylation is 1. The number of aromatic nitrogens is 5. The molecular formula is C19H24N6O3S. The quantitative estimate of drug-likeness (QED) is 0.502. The van der Waals surface area contributed by atoms with Crippen LogP contribution in [0.4, 0.5) is 5.82 Å². The van der Waals surface area contributed by atoms with Crippen LogP contribution in [0.1, 0.15) is 37.5 Å². The molecule has 0 spiro atoms. The van der Waals surface area contributed by atoms with Crippen molar-refractivity contribution in [2.45, 2.75) is 50.1 Å². The molecule has 0 aliphatic rings. The summed E-state index contributed by atoms with van der Waals surface area (Å²) in [5.41, 5.74) is 1.03. The predicted octanol–water partition coefficient (Wildman–Crippen LogP) is 3.32. The van der Waals surface area contributed by atoms with Gasteiger partial charge in [-0.1, -0.05) is 48.8 Å². The van der Waals surface area contributed by atoms with Crippen LogP contribution in [-0.2, 0) is 11.3 Å². The average Bonchev–Trinajstić information content (AvgIpc) is 3.34. The third-order valence-electron chi connectivity index (χ3n) is 4.23. The minimum Gasteiger partial charge on any atom is -0.497 e. The van der Waals surface area contributed by atoms with Crippen molar-refractivity contribution in [3.63, 3.8) is 0 Å². The zero-order valence-corrected chi connectivity index (χ0v) is 17.5. The lowest BCUT2D eigenvalue weighted by Gasteiger charge is -2.14. The molecule has 0 bridgehead atoms. The standard InChI is InChI=1S/C19H24N6O3S/c1-4-5-6-16(18(26)20-17-11-13(2)28-22-17)29-19-21-23-24-25(19)12-14-7-9-15(27-3)10-8-14/h7-11,16H,4-6,12H2,1-3H3,(H,20,22,26). The van der Waals surface area contributed by atoms with E-state index >= 15 is 0 Å². The number of carbonyl (C=O) groups excluding carboxylic acids is 1. The number of ether oxygens (including phenoxy) is 1. The first-order chi connectivity index (χ1) is 14.1. The van der Waals surface area contributed by atoms with Crippen LogP contribution in [-0.4, -0.2) is 43.6 Å². The summed E-state index contributed by atoms with van der Waals surface area (Å²) in [4.78, 5) is 12.8. The zero-order valence-electron chi connectivity index (χ0n) is 16.7. The molecule has 1 N–H and O–H groups in total. The number of benzene rings is 1. The number of methoxy groups -OCH3 is 1. The van der Waals surface area contributed by atoms with Gasteiger partial charge in [-0.05, 0) is 41.5 Å². The van der Waals surface area contributed by atoms with Crippen molar-refractivity contribution < 1.29 is 14.1 Å². The Kier molecular flexibility index (Phi) is 7.23. The van der Waals surface area contributed by atoms with Gasteiger partial charge in [-0.2, -0.15) is 0 Å². The Balaban J connectivity index is 1.70. The van der Waals surface area contributed by atoms with Crippen molar-refractivity contribution in [3.8, 4) is 5.75 Å². The fourth-order valence-corrected chi connectivity index (χ4v) is 3.69. The fourth-order valence-electron chi connectivity index (χ4n) is 2.68. The molecule has 2 heterocycles. The zero-order chi connectivity index (χ0) is 20.6. The van der Waals surface area contributed by atoms with Crippen molar-refractivity contribution in [2.75, 3.05) is 12.4 Å². The number of hydrogen-bond donors (Lipinski definition) is 1. The van der Waals surface area contributed by atoms with Crippen LogP contribution in [0.3, 0.4) is 0 Å². The van der Waals surface area contributed by atoms with E-state index in [2.05, 4.69) is 32.9 Å². The van der Waals surface area contributed by atoms with E-state index in [0.717, 1.165) is 24.2 Å². The first-order valence-electron chi connectivity index (χ1n) is 9.39. The minimum absolute atomic E-state index is 0.143. The molecule has 154 valence electrons. The van der Waals surface area contributed by atoms with E-state index in [4.69, 9.17) is 9.26 Å². The third kappa shape index (κ3) is 5.80. The Bertz CT molecular complexity index is 924. The molecule has 0 aliphatic heterocycles. The van der Waals surface area contributed by atoms with Gasteiger partial charge in [-0.25, -0.2) is 4.68 Å². The highest BCUT2D eigenvalue weighted by atomic mass is 32.2. The number of anilines is 1.